The van der Waals surface area contributed by atoms with Crippen LogP contribution in [0.2, 0.25) is 0 Å². The highest BCUT2D eigenvalue weighted by Crippen LogP contribution is 2.36. The molecular formula is C22H16O5. The molecule has 0 aliphatic rings. The molecule has 0 amide bonds. The van der Waals surface area contributed by atoms with Crippen molar-refractivity contribution in [2.24, 2.45) is 0 Å². The van der Waals surface area contributed by atoms with E-state index in [1.54, 1.807) is 0 Å². The molecule has 5 nitrogen and oxygen atoms in total. The summed E-state index contributed by atoms with van der Waals surface area (Å²) in [5.41, 5.74) is 0.830. The van der Waals surface area contributed by atoms with E-state index in [0.29, 0.717) is 11.1 Å². The standard InChI is InChI=1S/C22H16O5/c23-18-9-13(10-19(24)21(18)25)12-27-22(26)20-16-7-3-1-5-14(16)11-15-6-2-4-8-17(15)20/h1-11,23-25H,12H2. The molecule has 4 aromatic rings. The van der Waals surface area contributed by atoms with Crippen LogP contribution >= 0.6 is 0 Å². The van der Waals surface area contributed by atoms with Crippen molar-refractivity contribution in [1.82, 2.24) is 0 Å². The number of esters is 1. The molecule has 5 heteroatoms. The molecule has 3 N–H and O–H groups in total. The van der Waals surface area contributed by atoms with E-state index in [9.17, 15) is 20.1 Å². The summed E-state index contributed by atoms with van der Waals surface area (Å²) in [4.78, 5) is 12.9. The Labute approximate surface area is 154 Å². The van der Waals surface area contributed by atoms with Gasteiger partial charge in [0.15, 0.2) is 17.2 Å². The van der Waals surface area contributed by atoms with Crippen molar-refractivity contribution in [2.45, 2.75) is 6.61 Å². The lowest BCUT2D eigenvalue weighted by Gasteiger charge is -2.12. The van der Waals surface area contributed by atoms with Gasteiger partial charge in [-0.3, -0.25) is 0 Å². The molecule has 27 heavy (non-hydrogen) atoms. The van der Waals surface area contributed by atoms with Gasteiger partial charge in [-0.1, -0.05) is 48.5 Å². The average Bonchev–Trinajstić information content (AvgIpc) is 2.68. The van der Waals surface area contributed by atoms with Gasteiger partial charge < -0.3 is 20.1 Å². The van der Waals surface area contributed by atoms with E-state index in [4.69, 9.17) is 4.74 Å². The molecule has 0 aliphatic heterocycles. The molecular weight excluding hydrogens is 344 g/mol. The van der Waals surface area contributed by atoms with E-state index in [1.165, 1.54) is 12.1 Å². The van der Waals surface area contributed by atoms with Crippen LogP contribution < -0.4 is 0 Å². The highest BCUT2D eigenvalue weighted by atomic mass is 16.5. The summed E-state index contributed by atoms with van der Waals surface area (Å²) in [6, 6.07) is 19.7. The molecule has 134 valence electrons. The Balaban J connectivity index is 1.74. The highest BCUT2D eigenvalue weighted by Gasteiger charge is 2.17. The van der Waals surface area contributed by atoms with Crippen LogP contribution in [0.5, 0.6) is 17.2 Å². The number of carbonyl (C=O) groups excluding carboxylic acids is 1. The van der Waals surface area contributed by atoms with Gasteiger partial charge >= 0.3 is 5.97 Å². The molecule has 0 saturated carbocycles. The number of phenols is 3. The van der Waals surface area contributed by atoms with Crippen molar-refractivity contribution >= 4 is 27.5 Å². The highest BCUT2D eigenvalue weighted by molar-refractivity contribution is 6.16. The van der Waals surface area contributed by atoms with Crippen LogP contribution in [0.15, 0.2) is 66.7 Å². The van der Waals surface area contributed by atoms with Crippen molar-refractivity contribution in [1.29, 1.82) is 0 Å². The predicted octanol–water partition coefficient (Wildman–Crippen LogP) is 4.47. The zero-order valence-corrected chi connectivity index (χ0v) is 14.2. The largest absolute Gasteiger partial charge is 0.504 e. The van der Waals surface area contributed by atoms with Crippen molar-refractivity contribution in [3.63, 3.8) is 0 Å². The van der Waals surface area contributed by atoms with Crippen LogP contribution in [-0.4, -0.2) is 21.3 Å². The van der Waals surface area contributed by atoms with E-state index in [-0.39, 0.29) is 6.61 Å². The molecule has 4 aromatic carbocycles. The average molecular weight is 360 g/mol. The molecule has 0 saturated heterocycles. The zero-order valence-electron chi connectivity index (χ0n) is 14.2. The first kappa shape index (κ1) is 16.7. The molecule has 0 aromatic heterocycles. The minimum atomic E-state index is -0.606. The topological polar surface area (TPSA) is 87.0 Å². The second-order valence-electron chi connectivity index (χ2n) is 6.25. The summed E-state index contributed by atoms with van der Waals surface area (Å²) in [5.74, 6) is -2.06. The Morgan fingerprint density at radius 3 is 1.85 bits per heavy atom. The zero-order chi connectivity index (χ0) is 19.0. The van der Waals surface area contributed by atoms with Gasteiger partial charge in [-0.2, -0.15) is 0 Å². The first-order valence-corrected chi connectivity index (χ1v) is 8.36. The summed E-state index contributed by atoms with van der Waals surface area (Å²) >= 11 is 0. The molecule has 0 heterocycles. The van der Waals surface area contributed by atoms with Crippen molar-refractivity contribution < 1.29 is 24.9 Å². The number of hydrogen-bond acceptors (Lipinski definition) is 5. The predicted molar refractivity (Wildman–Crippen MR) is 102 cm³/mol. The van der Waals surface area contributed by atoms with Gasteiger partial charge in [-0.15, -0.1) is 0 Å². The molecule has 4 rings (SSSR count). The van der Waals surface area contributed by atoms with Crippen LogP contribution in [0.3, 0.4) is 0 Å². The second-order valence-corrected chi connectivity index (χ2v) is 6.25. The van der Waals surface area contributed by atoms with Gasteiger partial charge in [0, 0.05) is 0 Å². The fraction of sp³-hybridized carbons (Fsp3) is 0.0455. The number of phenolic OH excluding ortho intramolecular Hbond substituents is 3. The third-order valence-corrected chi connectivity index (χ3v) is 4.47. The van der Waals surface area contributed by atoms with Crippen LogP contribution in [0.25, 0.3) is 21.5 Å². The Kier molecular flexibility index (Phi) is 4.05. The fourth-order valence-electron chi connectivity index (χ4n) is 3.20. The van der Waals surface area contributed by atoms with Gasteiger partial charge in [0.25, 0.3) is 0 Å². The lowest BCUT2D eigenvalue weighted by molar-refractivity contribution is 0.0476. The van der Waals surface area contributed by atoms with Gasteiger partial charge in [-0.05, 0) is 45.3 Å². The van der Waals surface area contributed by atoms with Crippen molar-refractivity contribution in [2.75, 3.05) is 0 Å². The van der Waals surface area contributed by atoms with Gasteiger partial charge in [-0.25, -0.2) is 4.79 Å². The number of fused-ring (bicyclic) bond motifs is 2. The van der Waals surface area contributed by atoms with Crippen molar-refractivity contribution in [3.05, 3.63) is 77.9 Å². The van der Waals surface area contributed by atoms with E-state index in [0.717, 1.165) is 21.5 Å². The lowest BCUT2D eigenvalue weighted by atomic mass is 9.97. The smallest absolute Gasteiger partial charge is 0.339 e. The quantitative estimate of drug-likeness (QED) is 0.285. The van der Waals surface area contributed by atoms with E-state index in [2.05, 4.69) is 0 Å². The Morgan fingerprint density at radius 2 is 1.30 bits per heavy atom. The molecule has 0 radical (unpaired) electrons. The maximum absolute atomic E-state index is 12.9. The Bertz CT molecular complexity index is 1100. The molecule has 0 fully saturated rings. The summed E-state index contributed by atoms with van der Waals surface area (Å²) in [7, 11) is 0. The number of aromatic hydroxyl groups is 3. The maximum atomic E-state index is 12.9. The number of ether oxygens (including phenoxy) is 1. The summed E-state index contributed by atoms with van der Waals surface area (Å²) in [6.07, 6.45) is 0. The third-order valence-electron chi connectivity index (χ3n) is 4.47. The SMILES string of the molecule is O=C(OCc1cc(O)c(O)c(O)c1)c1c2ccccc2cc2ccccc12. The number of benzene rings is 4. The van der Waals surface area contributed by atoms with Crippen LogP contribution in [-0.2, 0) is 11.3 Å². The van der Waals surface area contributed by atoms with E-state index >= 15 is 0 Å². The van der Waals surface area contributed by atoms with Crippen LogP contribution in [0, 0.1) is 0 Å². The minimum absolute atomic E-state index is 0.155. The molecule has 0 spiro atoms. The van der Waals surface area contributed by atoms with Gasteiger partial charge in [0.1, 0.15) is 6.61 Å². The van der Waals surface area contributed by atoms with E-state index in [1.807, 2.05) is 54.6 Å². The number of carbonyl (C=O) groups is 1. The second kappa shape index (κ2) is 6.53. The summed E-state index contributed by atoms with van der Waals surface area (Å²) < 4.78 is 5.44. The Hall–Kier alpha value is -3.73. The van der Waals surface area contributed by atoms with E-state index < -0.39 is 23.2 Å². The van der Waals surface area contributed by atoms with Gasteiger partial charge in [0.05, 0.1) is 5.56 Å². The number of rotatable bonds is 3. The summed E-state index contributed by atoms with van der Waals surface area (Å²) in [6.45, 7) is -0.155. The number of hydrogen-bond donors (Lipinski definition) is 3. The van der Waals surface area contributed by atoms with Crippen LogP contribution in [0.4, 0.5) is 0 Å². The summed E-state index contributed by atoms with van der Waals surface area (Å²) in [5, 5.41) is 32.1. The molecule has 0 aliphatic carbocycles. The van der Waals surface area contributed by atoms with Crippen LogP contribution in [0.1, 0.15) is 15.9 Å². The molecule has 0 bridgehead atoms. The maximum Gasteiger partial charge on any atom is 0.339 e. The normalized spacial score (nSPS) is 11.0. The Morgan fingerprint density at radius 1 is 0.778 bits per heavy atom. The fourth-order valence-corrected chi connectivity index (χ4v) is 3.20. The van der Waals surface area contributed by atoms with Crippen molar-refractivity contribution in [3.8, 4) is 17.2 Å². The molecule has 0 atom stereocenters. The monoisotopic (exact) mass is 360 g/mol. The first-order valence-electron chi connectivity index (χ1n) is 8.36. The lowest BCUT2D eigenvalue weighted by Crippen LogP contribution is -2.07. The molecule has 0 unspecified atom stereocenters. The third kappa shape index (κ3) is 3.00. The first-order chi connectivity index (χ1) is 13.0. The minimum Gasteiger partial charge on any atom is -0.504 e. The van der Waals surface area contributed by atoms with Gasteiger partial charge in [0.2, 0.25) is 0 Å².